The van der Waals surface area contributed by atoms with Crippen molar-refractivity contribution in [2.75, 3.05) is 13.2 Å². The van der Waals surface area contributed by atoms with E-state index in [2.05, 4.69) is 36.4 Å². The molecule has 0 aromatic carbocycles. The van der Waals surface area contributed by atoms with Crippen molar-refractivity contribution in [3.63, 3.8) is 0 Å². The first-order valence-electron chi connectivity index (χ1n) is 7.28. The second-order valence-corrected chi connectivity index (χ2v) is 5.92. The number of hydrogen-bond acceptors (Lipinski definition) is 4. The van der Waals surface area contributed by atoms with Gasteiger partial charge in [0.2, 0.25) is 0 Å². The number of hydrogen-bond donors (Lipinski definition) is 2. The first kappa shape index (κ1) is 16.1. The minimum atomic E-state index is 0.0979. The third-order valence-corrected chi connectivity index (χ3v) is 3.28. The van der Waals surface area contributed by atoms with Crippen molar-refractivity contribution >= 4 is 0 Å². The summed E-state index contributed by atoms with van der Waals surface area (Å²) >= 11 is 0. The normalized spacial score (nSPS) is 12.0. The SMILES string of the molecule is CCCCCC(C)(C)CNCc1cn(CCO)nn1. The third kappa shape index (κ3) is 6.68. The summed E-state index contributed by atoms with van der Waals surface area (Å²) in [5, 5.41) is 20.3. The second-order valence-electron chi connectivity index (χ2n) is 5.92. The molecule has 0 radical (unpaired) electrons. The number of rotatable bonds is 10. The van der Waals surface area contributed by atoms with E-state index in [9.17, 15) is 0 Å². The number of nitrogens with one attached hydrogen (secondary N) is 1. The molecule has 0 aliphatic rings. The van der Waals surface area contributed by atoms with Crippen LogP contribution in [-0.2, 0) is 13.1 Å². The van der Waals surface area contributed by atoms with Gasteiger partial charge in [-0.1, -0.05) is 45.2 Å². The van der Waals surface area contributed by atoms with Gasteiger partial charge in [0, 0.05) is 19.3 Å². The molecule has 0 saturated carbocycles. The summed E-state index contributed by atoms with van der Waals surface area (Å²) in [4.78, 5) is 0. The highest BCUT2D eigenvalue weighted by Crippen LogP contribution is 2.22. The summed E-state index contributed by atoms with van der Waals surface area (Å²) in [6, 6.07) is 0. The van der Waals surface area contributed by atoms with Crippen molar-refractivity contribution in [3.8, 4) is 0 Å². The molecule has 0 amide bonds. The summed E-state index contributed by atoms with van der Waals surface area (Å²) in [6.07, 6.45) is 7.03. The summed E-state index contributed by atoms with van der Waals surface area (Å²) < 4.78 is 1.67. The number of unbranched alkanes of at least 4 members (excludes halogenated alkanes) is 2. The first-order chi connectivity index (χ1) is 9.07. The maximum atomic E-state index is 8.81. The second kappa shape index (κ2) is 8.27. The van der Waals surface area contributed by atoms with Gasteiger partial charge in [-0.3, -0.25) is 0 Å². The Balaban J connectivity index is 2.24. The Bertz CT molecular complexity index is 349. The predicted molar refractivity (Wildman–Crippen MR) is 76.7 cm³/mol. The number of aliphatic hydroxyl groups is 1. The van der Waals surface area contributed by atoms with E-state index in [1.54, 1.807) is 4.68 Å². The minimum absolute atomic E-state index is 0.0979. The van der Waals surface area contributed by atoms with Crippen molar-refractivity contribution in [3.05, 3.63) is 11.9 Å². The number of aliphatic hydroxyl groups excluding tert-OH is 1. The summed E-state index contributed by atoms with van der Waals surface area (Å²) in [5.74, 6) is 0. The maximum Gasteiger partial charge on any atom is 0.0964 e. The van der Waals surface area contributed by atoms with E-state index in [-0.39, 0.29) is 6.61 Å². The van der Waals surface area contributed by atoms with Crippen LogP contribution in [0.15, 0.2) is 6.20 Å². The molecule has 0 spiro atoms. The van der Waals surface area contributed by atoms with Crippen molar-refractivity contribution in [2.24, 2.45) is 5.41 Å². The predicted octanol–water partition coefficient (Wildman–Crippen LogP) is 1.97. The average molecular weight is 268 g/mol. The van der Waals surface area contributed by atoms with Gasteiger partial charge in [-0.05, 0) is 11.8 Å². The van der Waals surface area contributed by atoms with E-state index < -0.39 is 0 Å². The zero-order valence-electron chi connectivity index (χ0n) is 12.5. The van der Waals surface area contributed by atoms with Gasteiger partial charge in [-0.2, -0.15) is 0 Å². The molecule has 1 aromatic rings. The molecule has 0 aliphatic carbocycles. The van der Waals surface area contributed by atoms with Crippen LogP contribution < -0.4 is 5.32 Å². The molecule has 5 nitrogen and oxygen atoms in total. The molecule has 0 fully saturated rings. The van der Waals surface area contributed by atoms with Gasteiger partial charge in [0.1, 0.15) is 0 Å². The van der Waals surface area contributed by atoms with Crippen LogP contribution in [0.1, 0.15) is 52.1 Å². The molecule has 0 saturated heterocycles. The average Bonchev–Trinajstić information content (AvgIpc) is 2.77. The van der Waals surface area contributed by atoms with Crippen LogP contribution in [0, 0.1) is 5.41 Å². The van der Waals surface area contributed by atoms with Crippen LogP contribution in [0.4, 0.5) is 0 Å². The van der Waals surface area contributed by atoms with E-state index >= 15 is 0 Å². The zero-order valence-corrected chi connectivity index (χ0v) is 12.5. The van der Waals surface area contributed by atoms with Crippen LogP contribution in [-0.4, -0.2) is 33.3 Å². The highest BCUT2D eigenvalue weighted by molar-refractivity contribution is 4.91. The molecule has 0 atom stereocenters. The van der Waals surface area contributed by atoms with Gasteiger partial charge >= 0.3 is 0 Å². The standard InChI is InChI=1S/C14H28N4O/c1-4-5-6-7-14(2,3)12-15-10-13-11-18(8-9-19)17-16-13/h11,15,19H,4-10,12H2,1-3H3. The molecule has 1 heterocycles. The molecule has 1 aromatic heterocycles. The lowest BCUT2D eigenvalue weighted by molar-refractivity contribution is 0.268. The van der Waals surface area contributed by atoms with Gasteiger partial charge in [0.25, 0.3) is 0 Å². The molecule has 0 aliphatic heterocycles. The van der Waals surface area contributed by atoms with Gasteiger partial charge in [0.05, 0.1) is 18.8 Å². The minimum Gasteiger partial charge on any atom is -0.394 e. The largest absolute Gasteiger partial charge is 0.394 e. The summed E-state index contributed by atoms with van der Waals surface area (Å²) in [6.45, 7) is 9.18. The highest BCUT2D eigenvalue weighted by Gasteiger charge is 2.16. The Hall–Kier alpha value is -0.940. The summed E-state index contributed by atoms with van der Waals surface area (Å²) in [5.41, 5.74) is 1.26. The van der Waals surface area contributed by atoms with E-state index in [4.69, 9.17) is 5.11 Å². The van der Waals surface area contributed by atoms with Crippen molar-refractivity contribution < 1.29 is 5.11 Å². The van der Waals surface area contributed by atoms with Crippen LogP contribution in [0.2, 0.25) is 0 Å². The number of nitrogens with zero attached hydrogens (tertiary/aromatic N) is 3. The molecule has 0 bridgehead atoms. The lowest BCUT2D eigenvalue weighted by Gasteiger charge is -2.24. The Morgan fingerprint density at radius 1 is 1.37 bits per heavy atom. The van der Waals surface area contributed by atoms with Crippen LogP contribution in [0.25, 0.3) is 0 Å². The van der Waals surface area contributed by atoms with Crippen LogP contribution in [0.5, 0.6) is 0 Å². The topological polar surface area (TPSA) is 63.0 Å². The fourth-order valence-corrected chi connectivity index (χ4v) is 2.10. The van der Waals surface area contributed by atoms with E-state index in [1.807, 2.05) is 6.20 Å². The van der Waals surface area contributed by atoms with Gasteiger partial charge in [-0.15, -0.1) is 5.10 Å². The van der Waals surface area contributed by atoms with Crippen LogP contribution in [0.3, 0.4) is 0 Å². The monoisotopic (exact) mass is 268 g/mol. The molecule has 1 rings (SSSR count). The maximum absolute atomic E-state index is 8.81. The van der Waals surface area contributed by atoms with Crippen molar-refractivity contribution in [1.82, 2.24) is 20.3 Å². The van der Waals surface area contributed by atoms with E-state index in [0.717, 1.165) is 18.8 Å². The van der Waals surface area contributed by atoms with E-state index in [1.165, 1.54) is 25.7 Å². The molecule has 110 valence electrons. The quantitative estimate of drug-likeness (QED) is 0.637. The lowest BCUT2D eigenvalue weighted by Crippen LogP contribution is -2.29. The van der Waals surface area contributed by atoms with Gasteiger partial charge < -0.3 is 10.4 Å². The van der Waals surface area contributed by atoms with Gasteiger partial charge in [0.15, 0.2) is 0 Å². The van der Waals surface area contributed by atoms with Crippen molar-refractivity contribution in [1.29, 1.82) is 0 Å². The number of aromatic nitrogens is 3. The van der Waals surface area contributed by atoms with Crippen molar-refractivity contribution in [2.45, 2.75) is 59.5 Å². The fraction of sp³-hybridized carbons (Fsp3) is 0.857. The van der Waals surface area contributed by atoms with E-state index in [0.29, 0.717) is 12.0 Å². The molecule has 19 heavy (non-hydrogen) atoms. The Morgan fingerprint density at radius 2 is 2.16 bits per heavy atom. The molecular weight excluding hydrogens is 240 g/mol. The Kier molecular flexibility index (Phi) is 7.02. The molecule has 0 unspecified atom stereocenters. The Morgan fingerprint density at radius 3 is 2.84 bits per heavy atom. The lowest BCUT2D eigenvalue weighted by atomic mass is 9.87. The molecule has 5 heteroatoms. The first-order valence-corrected chi connectivity index (χ1v) is 7.28. The molecule has 2 N–H and O–H groups in total. The summed E-state index contributed by atoms with van der Waals surface area (Å²) in [7, 11) is 0. The molecular formula is C14H28N4O. The third-order valence-electron chi connectivity index (χ3n) is 3.28. The highest BCUT2D eigenvalue weighted by atomic mass is 16.3. The fourth-order valence-electron chi connectivity index (χ4n) is 2.10. The Labute approximate surface area is 116 Å². The van der Waals surface area contributed by atoms with Gasteiger partial charge in [-0.25, -0.2) is 4.68 Å². The van der Waals surface area contributed by atoms with Crippen LogP contribution >= 0.6 is 0 Å². The smallest absolute Gasteiger partial charge is 0.0964 e. The zero-order chi connectivity index (χ0) is 14.1.